The van der Waals surface area contributed by atoms with Crippen molar-refractivity contribution in [1.29, 1.82) is 0 Å². The summed E-state index contributed by atoms with van der Waals surface area (Å²) in [7, 11) is 0. The van der Waals surface area contributed by atoms with Gasteiger partial charge in [-0.25, -0.2) is 0 Å². The summed E-state index contributed by atoms with van der Waals surface area (Å²) in [5, 5.41) is 0. The first kappa shape index (κ1) is 13.1. The maximum atomic E-state index is 5.65. The zero-order valence-electron chi connectivity index (χ0n) is 10.7. The number of pyridine rings is 1. The van der Waals surface area contributed by atoms with E-state index < -0.39 is 0 Å². The van der Waals surface area contributed by atoms with Crippen LogP contribution in [0.1, 0.15) is 49.6 Å². The molecule has 3 N–H and O–H groups in total. The van der Waals surface area contributed by atoms with Crippen LogP contribution in [0.4, 0.5) is 0 Å². The summed E-state index contributed by atoms with van der Waals surface area (Å²) < 4.78 is 0. The average Bonchev–Trinajstić information content (AvgIpc) is 2.22. The van der Waals surface area contributed by atoms with Crippen molar-refractivity contribution in [2.24, 2.45) is 11.8 Å². The highest BCUT2D eigenvalue weighted by Gasteiger charge is 2.20. The van der Waals surface area contributed by atoms with Gasteiger partial charge in [0.1, 0.15) is 0 Å². The zero-order chi connectivity index (χ0) is 12.1. The average molecular weight is 221 g/mol. The minimum absolute atomic E-state index is 0.153. The molecule has 0 saturated heterocycles. The molecule has 2 atom stereocenters. The zero-order valence-corrected chi connectivity index (χ0v) is 10.7. The van der Waals surface area contributed by atoms with E-state index in [-0.39, 0.29) is 6.04 Å². The molecule has 0 aliphatic rings. The quantitative estimate of drug-likeness (QED) is 0.593. The summed E-state index contributed by atoms with van der Waals surface area (Å²) >= 11 is 0. The molecule has 0 bridgehead atoms. The van der Waals surface area contributed by atoms with Gasteiger partial charge in [-0.3, -0.25) is 16.3 Å². The third-order valence-electron chi connectivity index (χ3n) is 3.04. The number of nitrogens with zero attached hydrogens (tertiary/aromatic N) is 1. The minimum Gasteiger partial charge on any atom is -0.271 e. The van der Waals surface area contributed by atoms with Crippen molar-refractivity contribution >= 4 is 0 Å². The normalized spacial score (nSPS) is 14.8. The van der Waals surface area contributed by atoms with Crippen molar-refractivity contribution in [1.82, 2.24) is 10.4 Å². The molecule has 2 unspecified atom stereocenters. The molecule has 0 aliphatic heterocycles. The van der Waals surface area contributed by atoms with Gasteiger partial charge in [0.05, 0.1) is 11.7 Å². The van der Waals surface area contributed by atoms with Gasteiger partial charge in [0.2, 0.25) is 0 Å². The highest BCUT2D eigenvalue weighted by molar-refractivity contribution is 5.25. The molecule has 1 aromatic heterocycles. The second kappa shape index (κ2) is 5.97. The van der Waals surface area contributed by atoms with E-state index in [1.165, 1.54) is 17.5 Å². The molecule has 0 spiro atoms. The maximum Gasteiger partial charge on any atom is 0.0660 e. The van der Waals surface area contributed by atoms with Crippen LogP contribution in [0.3, 0.4) is 0 Å². The molecule has 0 radical (unpaired) electrons. The lowest BCUT2D eigenvalue weighted by molar-refractivity contribution is 0.360. The second-order valence-electron chi connectivity index (χ2n) is 4.63. The standard InChI is InChI=1S/C13H23N3/c1-5-6-10(3)13(16-14)12-11(4)7-9(2)8-15-12/h7-8,10,13,16H,5-6,14H2,1-4H3. The van der Waals surface area contributed by atoms with Gasteiger partial charge in [0, 0.05) is 6.20 Å². The summed E-state index contributed by atoms with van der Waals surface area (Å²) in [5.74, 6) is 6.16. The Morgan fingerprint density at radius 3 is 2.62 bits per heavy atom. The van der Waals surface area contributed by atoms with Crippen molar-refractivity contribution in [3.8, 4) is 0 Å². The second-order valence-corrected chi connectivity index (χ2v) is 4.63. The van der Waals surface area contributed by atoms with Crippen LogP contribution >= 0.6 is 0 Å². The van der Waals surface area contributed by atoms with Crippen molar-refractivity contribution in [3.63, 3.8) is 0 Å². The summed E-state index contributed by atoms with van der Waals surface area (Å²) in [4.78, 5) is 4.51. The predicted octanol–water partition coefficient (Wildman–Crippen LogP) is 2.64. The van der Waals surface area contributed by atoms with Crippen molar-refractivity contribution in [2.75, 3.05) is 0 Å². The predicted molar refractivity (Wildman–Crippen MR) is 67.8 cm³/mol. The van der Waals surface area contributed by atoms with Gasteiger partial charge in [-0.1, -0.05) is 26.3 Å². The van der Waals surface area contributed by atoms with Gasteiger partial charge in [-0.15, -0.1) is 0 Å². The first-order valence-electron chi connectivity index (χ1n) is 5.99. The summed E-state index contributed by atoms with van der Waals surface area (Å²) in [6.07, 6.45) is 4.24. The molecular formula is C13H23N3. The van der Waals surface area contributed by atoms with E-state index in [2.05, 4.69) is 44.2 Å². The Morgan fingerprint density at radius 2 is 2.12 bits per heavy atom. The third kappa shape index (κ3) is 3.03. The molecule has 1 aromatic rings. The molecule has 3 heteroatoms. The summed E-state index contributed by atoms with van der Waals surface area (Å²) in [6, 6.07) is 2.31. The van der Waals surface area contributed by atoms with Crippen LogP contribution in [0.5, 0.6) is 0 Å². The van der Waals surface area contributed by atoms with Crippen LogP contribution < -0.4 is 11.3 Å². The monoisotopic (exact) mass is 221 g/mol. The number of nitrogens with one attached hydrogen (secondary N) is 1. The maximum absolute atomic E-state index is 5.65. The molecule has 1 rings (SSSR count). The number of hydrogen-bond donors (Lipinski definition) is 2. The molecular weight excluding hydrogens is 198 g/mol. The molecule has 3 nitrogen and oxygen atoms in total. The smallest absolute Gasteiger partial charge is 0.0660 e. The first-order chi connectivity index (χ1) is 7.60. The van der Waals surface area contributed by atoms with Crippen molar-refractivity contribution in [2.45, 2.75) is 46.6 Å². The molecule has 0 saturated carbocycles. The van der Waals surface area contributed by atoms with E-state index in [1.54, 1.807) is 0 Å². The highest BCUT2D eigenvalue weighted by atomic mass is 15.2. The van der Waals surface area contributed by atoms with Gasteiger partial charge in [0.15, 0.2) is 0 Å². The Labute approximate surface area is 98.4 Å². The van der Waals surface area contributed by atoms with Crippen LogP contribution in [0.15, 0.2) is 12.3 Å². The summed E-state index contributed by atoms with van der Waals surface area (Å²) in [5.41, 5.74) is 6.39. The Morgan fingerprint density at radius 1 is 1.44 bits per heavy atom. The lowest BCUT2D eigenvalue weighted by atomic mass is 9.92. The lowest BCUT2D eigenvalue weighted by Crippen LogP contribution is -2.33. The summed E-state index contributed by atoms with van der Waals surface area (Å²) in [6.45, 7) is 8.57. The van der Waals surface area contributed by atoms with E-state index >= 15 is 0 Å². The number of aromatic nitrogens is 1. The fraction of sp³-hybridized carbons (Fsp3) is 0.615. The van der Waals surface area contributed by atoms with Crippen LogP contribution in [0.25, 0.3) is 0 Å². The van der Waals surface area contributed by atoms with Crippen molar-refractivity contribution < 1.29 is 0 Å². The van der Waals surface area contributed by atoms with Crippen LogP contribution in [0, 0.1) is 19.8 Å². The number of nitrogens with two attached hydrogens (primary N) is 1. The largest absolute Gasteiger partial charge is 0.271 e. The first-order valence-corrected chi connectivity index (χ1v) is 5.99. The Balaban J connectivity index is 2.94. The van der Waals surface area contributed by atoms with E-state index in [0.717, 1.165) is 12.1 Å². The molecule has 0 aliphatic carbocycles. The molecule has 0 aromatic carbocycles. The van der Waals surface area contributed by atoms with Crippen LogP contribution in [-0.2, 0) is 0 Å². The highest BCUT2D eigenvalue weighted by Crippen LogP contribution is 2.25. The van der Waals surface area contributed by atoms with Gasteiger partial charge in [-0.2, -0.15) is 0 Å². The van der Waals surface area contributed by atoms with Gasteiger partial charge >= 0.3 is 0 Å². The van der Waals surface area contributed by atoms with E-state index in [4.69, 9.17) is 5.84 Å². The van der Waals surface area contributed by atoms with Gasteiger partial charge in [0.25, 0.3) is 0 Å². The molecule has 90 valence electrons. The van der Waals surface area contributed by atoms with Gasteiger partial charge in [-0.05, 0) is 37.3 Å². The van der Waals surface area contributed by atoms with Crippen LogP contribution in [0.2, 0.25) is 0 Å². The number of hydrogen-bond acceptors (Lipinski definition) is 3. The third-order valence-corrected chi connectivity index (χ3v) is 3.04. The molecule has 0 fully saturated rings. The number of rotatable bonds is 5. The van der Waals surface area contributed by atoms with Crippen LogP contribution in [-0.4, -0.2) is 4.98 Å². The fourth-order valence-electron chi connectivity index (χ4n) is 2.19. The molecule has 0 amide bonds. The Hall–Kier alpha value is -0.930. The Bertz CT molecular complexity index is 336. The number of aryl methyl sites for hydroxylation is 2. The Kier molecular flexibility index (Phi) is 4.90. The van der Waals surface area contributed by atoms with Crippen molar-refractivity contribution in [3.05, 3.63) is 29.1 Å². The van der Waals surface area contributed by atoms with E-state index in [1.807, 2.05) is 6.20 Å². The lowest BCUT2D eigenvalue weighted by Gasteiger charge is -2.24. The minimum atomic E-state index is 0.153. The fourth-order valence-corrected chi connectivity index (χ4v) is 2.19. The van der Waals surface area contributed by atoms with E-state index in [9.17, 15) is 0 Å². The topological polar surface area (TPSA) is 50.9 Å². The van der Waals surface area contributed by atoms with Gasteiger partial charge < -0.3 is 0 Å². The van der Waals surface area contributed by atoms with E-state index in [0.29, 0.717) is 5.92 Å². The SMILES string of the molecule is CCCC(C)C(NN)c1ncc(C)cc1C. The number of hydrazine groups is 1. The molecule has 1 heterocycles. The molecule has 16 heavy (non-hydrogen) atoms.